The topological polar surface area (TPSA) is 81.2 Å². The molecular weight excluding hydrogens is 306 g/mol. The lowest BCUT2D eigenvalue weighted by Gasteiger charge is -2.38. The van der Waals surface area contributed by atoms with Gasteiger partial charge in [-0.3, -0.25) is 4.90 Å². The van der Waals surface area contributed by atoms with Gasteiger partial charge in [0.05, 0.1) is 5.25 Å². The average molecular weight is 331 g/mol. The monoisotopic (exact) mass is 331 g/mol. The number of sulfonamides is 1. The van der Waals surface area contributed by atoms with Gasteiger partial charge in [-0.15, -0.1) is 0 Å². The number of amides is 1. The molecule has 126 valence electrons. The van der Waals surface area contributed by atoms with Gasteiger partial charge in [0.25, 0.3) is 0 Å². The Balaban J connectivity index is 1.50. The van der Waals surface area contributed by atoms with Crippen molar-refractivity contribution < 1.29 is 18.3 Å². The standard InChI is InChI=1S/C14H25N3O4S/c18-14(19)16-8-6-15(7-9-16)10-12-2-1-5-17(11-12)22(20,21)13-3-4-13/h12-13H,1-11H2,(H,18,19). The third kappa shape index (κ3) is 3.55. The molecule has 7 nitrogen and oxygen atoms in total. The zero-order valence-electron chi connectivity index (χ0n) is 12.9. The summed E-state index contributed by atoms with van der Waals surface area (Å²) in [5.74, 6) is 0.374. The molecule has 2 aliphatic heterocycles. The molecule has 1 aliphatic carbocycles. The van der Waals surface area contributed by atoms with Crippen LogP contribution < -0.4 is 0 Å². The van der Waals surface area contributed by atoms with E-state index in [1.54, 1.807) is 4.31 Å². The van der Waals surface area contributed by atoms with E-state index in [-0.39, 0.29) is 5.25 Å². The second-order valence-electron chi connectivity index (χ2n) is 6.68. The van der Waals surface area contributed by atoms with Gasteiger partial charge in [-0.25, -0.2) is 17.5 Å². The van der Waals surface area contributed by atoms with Crippen LogP contribution in [0.1, 0.15) is 25.7 Å². The second kappa shape index (κ2) is 6.33. The fraction of sp³-hybridized carbons (Fsp3) is 0.929. The first-order valence-corrected chi connectivity index (χ1v) is 9.66. The zero-order valence-corrected chi connectivity index (χ0v) is 13.7. The number of piperidine rings is 1. The molecule has 8 heteroatoms. The van der Waals surface area contributed by atoms with Gasteiger partial charge in [0.2, 0.25) is 10.0 Å². The summed E-state index contributed by atoms with van der Waals surface area (Å²) < 4.78 is 26.4. The van der Waals surface area contributed by atoms with E-state index < -0.39 is 16.1 Å². The molecule has 22 heavy (non-hydrogen) atoms. The van der Waals surface area contributed by atoms with E-state index in [0.29, 0.717) is 32.1 Å². The van der Waals surface area contributed by atoms with Crippen molar-refractivity contribution in [2.45, 2.75) is 30.9 Å². The van der Waals surface area contributed by atoms with Crippen LogP contribution in [0.2, 0.25) is 0 Å². The van der Waals surface area contributed by atoms with Gasteiger partial charge >= 0.3 is 6.09 Å². The predicted octanol–water partition coefficient (Wildman–Crippen LogP) is 0.486. The van der Waals surface area contributed by atoms with Crippen molar-refractivity contribution in [2.24, 2.45) is 5.92 Å². The molecule has 2 heterocycles. The van der Waals surface area contributed by atoms with Gasteiger partial charge in [-0.05, 0) is 31.6 Å². The zero-order chi connectivity index (χ0) is 15.7. The first-order chi connectivity index (χ1) is 10.5. The summed E-state index contributed by atoms with van der Waals surface area (Å²) in [5.41, 5.74) is 0. The van der Waals surface area contributed by atoms with Gasteiger partial charge in [0, 0.05) is 45.8 Å². The molecule has 3 rings (SSSR count). The van der Waals surface area contributed by atoms with Gasteiger partial charge in [0.1, 0.15) is 0 Å². The van der Waals surface area contributed by atoms with Crippen LogP contribution >= 0.6 is 0 Å². The molecule has 1 N–H and O–H groups in total. The highest BCUT2D eigenvalue weighted by molar-refractivity contribution is 7.90. The molecule has 0 aromatic rings. The summed E-state index contributed by atoms with van der Waals surface area (Å²) in [5, 5.41) is 8.84. The molecule has 1 saturated carbocycles. The van der Waals surface area contributed by atoms with E-state index in [0.717, 1.165) is 45.3 Å². The molecule has 3 fully saturated rings. The third-order valence-corrected chi connectivity index (χ3v) is 7.31. The Morgan fingerprint density at radius 1 is 1.05 bits per heavy atom. The second-order valence-corrected chi connectivity index (χ2v) is 8.89. The SMILES string of the molecule is O=C(O)N1CCN(CC2CCCN(S(=O)(=O)C3CC3)C2)CC1. The summed E-state index contributed by atoms with van der Waals surface area (Å²) in [7, 11) is -3.05. The van der Waals surface area contributed by atoms with E-state index >= 15 is 0 Å². The van der Waals surface area contributed by atoms with Crippen LogP contribution in [0.15, 0.2) is 0 Å². The lowest BCUT2D eigenvalue weighted by molar-refractivity contribution is 0.0914. The van der Waals surface area contributed by atoms with Gasteiger partial charge in [-0.2, -0.15) is 0 Å². The van der Waals surface area contributed by atoms with Crippen LogP contribution in [0.4, 0.5) is 4.79 Å². The fourth-order valence-corrected chi connectivity index (χ4v) is 5.43. The van der Waals surface area contributed by atoms with Crippen molar-refractivity contribution >= 4 is 16.1 Å². The third-order valence-electron chi connectivity index (χ3n) is 4.95. The Morgan fingerprint density at radius 3 is 2.32 bits per heavy atom. The highest BCUT2D eigenvalue weighted by atomic mass is 32.2. The number of piperazine rings is 1. The number of hydrogen-bond acceptors (Lipinski definition) is 4. The first-order valence-electron chi connectivity index (χ1n) is 8.16. The summed E-state index contributed by atoms with van der Waals surface area (Å²) in [6.07, 6.45) is 2.79. The Kier molecular flexibility index (Phi) is 4.61. The van der Waals surface area contributed by atoms with Crippen LogP contribution in [-0.4, -0.2) is 84.8 Å². The number of carbonyl (C=O) groups is 1. The highest BCUT2D eigenvalue weighted by Gasteiger charge is 2.41. The highest BCUT2D eigenvalue weighted by Crippen LogP contribution is 2.33. The molecule has 1 atom stereocenters. The molecule has 0 spiro atoms. The molecule has 3 aliphatic rings. The van der Waals surface area contributed by atoms with E-state index in [2.05, 4.69) is 4.90 Å². The Labute approximate surface area is 131 Å². The summed E-state index contributed by atoms with van der Waals surface area (Å²) in [4.78, 5) is 14.6. The Hall–Kier alpha value is -0.860. The van der Waals surface area contributed by atoms with Crippen molar-refractivity contribution in [1.82, 2.24) is 14.1 Å². The van der Waals surface area contributed by atoms with Crippen LogP contribution in [-0.2, 0) is 10.0 Å². The van der Waals surface area contributed by atoms with Crippen molar-refractivity contribution in [3.63, 3.8) is 0 Å². The molecule has 1 amide bonds. The van der Waals surface area contributed by atoms with Crippen molar-refractivity contribution in [3.8, 4) is 0 Å². The minimum absolute atomic E-state index is 0.120. The smallest absolute Gasteiger partial charge is 0.407 e. The molecular formula is C14H25N3O4S. The number of nitrogens with zero attached hydrogens (tertiary/aromatic N) is 3. The lowest BCUT2D eigenvalue weighted by atomic mass is 9.99. The predicted molar refractivity (Wildman–Crippen MR) is 82.3 cm³/mol. The maximum Gasteiger partial charge on any atom is 0.407 e. The average Bonchev–Trinajstić information content (AvgIpc) is 3.33. The van der Waals surface area contributed by atoms with Crippen molar-refractivity contribution in [2.75, 3.05) is 45.8 Å². The van der Waals surface area contributed by atoms with Crippen LogP contribution in [0.25, 0.3) is 0 Å². The number of carboxylic acid groups (broad SMARTS) is 1. The van der Waals surface area contributed by atoms with E-state index in [4.69, 9.17) is 5.11 Å². The van der Waals surface area contributed by atoms with Crippen LogP contribution in [0, 0.1) is 5.92 Å². The minimum atomic E-state index is -3.05. The van der Waals surface area contributed by atoms with Crippen LogP contribution in [0.3, 0.4) is 0 Å². The van der Waals surface area contributed by atoms with E-state index in [9.17, 15) is 13.2 Å². The summed E-state index contributed by atoms with van der Waals surface area (Å²) in [6, 6.07) is 0. The first kappa shape index (κ1) is 16.0. The molecule has 1 unspecified atom stereocenters. The van der Waals surface area contributed by atoms with Crippen LogP contribution in [0.5, 0.6) is 0 Å². The molecule has 0 aromatic carbocycles. The minimum Gasteiger partial charge on any atom is -0.465 e. The van der Waals surface area contributed by atoms with Crippen molar-refractivity contribution in [1.29, 1.82) is 0 Å². The van der Waals surface area contributed by atoms with Crippen molar-refractivity contribution in [3.05, 3.63) is 0 Å². The molecule has 0 bridgehead atoms. The van der Waals surface area contributed by atoms with E-state index in [1.165, 1.54) is 4.90 Å². The number of hydrogen-bond donors (Lipinski definition) is 1. The summed E-state index contributed by atoms with van der Waals surface area (Å²) >= 11 is 0. The summed E-state index contributed by atoms with van der Waals surface area (Å²) in [6.45, 7) is 4.78. The Morgan fingerprint density at radius 2 is 1.73 bits per heavy atom. The fourth-order valence-electron chi connectivity index (χ4n) is 3.47. The van der Waals surface area contributed by atoms with Gasteiger partial charge in [0.15, 0.2) is 0 Å². The lowest BCUT2D eigenvalue weighted by Crippen LogP contribution is -2.51. The number of rotatable bonds is 4. The molecule has 0 radical (unpaired) electrons. The maximum atomic E-state index is 12.3. The molecule has 2 saturated heterocycles. The van der Waals surface area contributed by atoms with E-state index in [1.807, 2.05) is 0 Å². The van der Waals surface area contributed by atoms with Gasteiger partial charge < -0.3 is 10.0 Å². The maximum absolute atomic E-state index is 12.3. The largest absolute Gasteiger partial charge is 0.465 e. The quantitative estimate of drug-likeness (QED) is 0.811. The van der Waals surface area contributed by atoms with Gasteiger partial charge in [-0.1, -0.05) is 0 Å². The Bertz CT molecular complexity index is 512. The molecule has 0 aromatic heterocycles. The normalized spacial score (nSPS) is 28.7.